The Kier molecular flexibility index (Phi) is 5.83. The summed E-state index contributed by atoms with van der Waals surface area (Å²) in [4.78, 5) is 0. The van der Waals surface area contributed by atoms with Gasteiger partial charge in [-0.1, -0.05) is 12.1 Å². The van der Waals surface area contributed by atoms with E-state index in [1.165, 1.54) is 5.56 Å². The fourth-order valence-corrected chi connectivity index (χ4v) is 2.68. The molecule has 1 fully saturated rings. The fourth-order valence-electron chi connectivity index (χ4n) is 2.68. The predicted octanol–water partition coefficient (Wildman–Crippen LogP) is 2.11. The molecule has 1 heterocycles. The van der Waals surface area contributed by atoms with Gasteiger partial charge in [-0.3, -0.25) is 0 Å². The first-order valence-electron chi connectivity index (χ1n) is 7.40. The van der Waals surface area contributed by atoms with Crippen LogP contribution in [0, 0.1) is 0 Å². The van der Waals surface area contributed by atoms with Crippen LogP contribution in [0.25, 0.3) is 0 Å². The van der Waals surface area contributed by atoms with Crippen molar-refractivity contribution < 1.29 is 9.47 Å². The fraction of sp³-hybridized carbons (Fsp3) is 0.625. The molecule has 0 saturated carbocycles. The molecule has 3 atom stereocenters. The summed E-state index contributed by atoms with van der Waals surface area (Å²) in [6, 6.07) is 9.50. The average molecular weight is 278 g/mol. The van der Waals surface area contributed by atoms with Gasteiger partial charge in [-0.25, -0.2) is 0 Å². The van der Waals surface area contributed by atoms with Crippen LogP contribution in [0.1, 0.15) is 31.9 Å². The maximum Gasteiger partial charge on any atom is 0.118 e. The van der Waals surface area contributed by atoms with E-state index in [9.17, 15) is 0 Å². The minimum atomic E-state index is 0.334. The van der Waals surface area contributed by atoms with Crippen LogP contribution in [-0.4, -0.2) is 39.0 Å². The zero-order valence-electron chi connectivity index (χ0n) is 12.7. The van der Waals surface area contributed by atoms with Gasteiger partial charge in [-0.15, -0.1) is 0 Å². The largest absolute Gasteiger partial charge is 0.497 e. The molecule has 0 amide bonds. The average Bonchev–Trinajstić information content (AvgIpc) is 2.48. The van der Waals surface area contributed by atoms with Gasteiger partial charge < -0.3 is 20.1 Å². The summed E-state index contributed by atoms with van der Waals surface area (Å²) >= 11 is 0. The quantitative estimate of drug-likeness (QED) is 0.836. The highest BCUT2D eigenvalue weighted by atomic mass is 16.5. The molecule has 20 heavy (non-hydrogen) atoms. The maximum atomic E-state index is 5.49. The van der Waals surface area contributed by atoms with Gasteiger partial charge in [0.2, 0.25) is 0 Å². The molecule has 0 bridgehead atoms. The van der Waals surface area contributed by atoms with E-state index >= 15 is 0 Å². The van der Waals surface area contributed by atoms with Crippen LogP contribution in [0.3, 0.4) is 0 Å². The van der Waals surface area contributed by atoms with Crippen LogP contribution in [0.2, 0.25) is 0 Å². The molecule has 4 heteroatoms. The van der Waals surface area contributed by atoms with Gasteiger partial charge in [0, 0.05) is 24.7 Å². The van der Waals surface area contributed by atoms with Crippen molar-refractivity contribution in [2.24, 2.45) is 0 Å². The third kappa shape index (κ3) is 4.47. The molecular weight excluding hydrogens is 252 g/mol. The highest BCUT2D eigenvalue weighted by molar-refractivity contribution is 5.28. The second kappa shape index (κ2) is 7.62. The Morgan fingerprint density at radius 3 is 2.70 bits per heavy atom. The van der Waals surface area contributed by atoms with Gasteiger partial charge in [0.1, 0.15) is 5.75 Å². The van der Waals surface area contributed by atoms with Crippen molar-refractivity contribution in [2.75, 3.05) is 26.9 Å². The predicted molar refractivity (Wildman–Crippen MR) is 81.2 cm³/mol. The van der Waals surface area contributed by atoms with Crippen LogP contribution in [0.4, 0.5) is 0 Å². The van der Waals surface area contributed by atoms with Crippen molar-refractivity contribution >= 4 is 0 Å². The van der Waals surface area contributed by atoms with E-state index in [-0.39, 0.29) is 0 Å². The molecular formula is C16H26N2O2. The number of hydrogen-bond donors (Lipinski definition) is 2. The summed E-state index contributed by atoms with van der Waals surface area (Å²) in [6.45, 7) is 7.05. The summed E-state index contributed by atoms with van der Waals surface area (Å²) in [7, 11) is 1.69. The molecule has 2 N–H and O–H groups in total. The lowest BCUT2D eigenvalue weighted by Crippen LogP contribution is -2.45. The van der Waals surface area contributed by atoms with Crippen LogP contribution in [-0.2, 0) is 4.74 Å². The summed E-state index contributed by atoms with van der Waals surface area (Å²) in [5, 5.41) is 7.14. The van der Waals surface area contributed by atoms with Crippen molar-refractivity contribution in [1.82, 2.24) is 10.6 Å². The van der Waals surface area contributed by atoms with Gasteiger partial charge in [-0.2, -0.15) is 0 Å². The minimum Gasteiger partial charge on any atom is -0.497 e. The molecule has 112 valence electrons. The molecule has 1 saturated heterocycles. The summed E-state index contributed by atoms with van der Waals surface area (Å²) < 4.78 is 10.7. The van der Waals surface area contributed by atoms with E-state index in [0.717, 1.165) is 31.9 Å². The lowest BCUT2D eigenvalue weighted by atomic mass is 10.0. The first kappa shape index (κ1) is 15.3. The second-order valence-electron chi connectivity index (χ2n) is 5.52. The first-order chi connectivity index (χ1) is 9.69. The monoisotopic (exact) mass is 278 g/mol. The van der Waals surface area contributed by atoms with Crippen LogP contribution < -0.4 is 15.4 Å². The zero-order chi connectivity index (χ0) is 14.4. The number of hydrogen-bond acceptors (Lipinski definition) is 4. The number of rotatable bonds is 6. The number of methoxy groups -OCH3 is 1. The van der Waals surface area contributed by atoms with Crippen molar-refractivity contribution in [3.8, 4) is 5.75 Å². The number of benzene rings is 1. The summed E-state index contributed by atoms with van der Waals surface area (Å²) in [5.74, 6) is 0.901. The van der Waals surface area contributed by atoms with Crippen LogP contribution in [0.15, 0.2) is 24.3 Å². The third-order valence-corrected chi connectivity index (χ3v) is 3.79. The normalized spacial score (nSPS) is 22.2. The number of ether oxygens (including phenoxy) is 2. The molecule has 1 aromatic rings. The zero-order valence-corrected chi connectivity index (χ0v) is 12.7. The van der Waals surface area contributed by atoms with E-state index in [2.05, 4.69) is 36.6 Å². The number of nitrogens with one attached hydrogen (secondary N) is 2. The van der Waals surface area contributed by atoms with Gasteiger partial charge in [0.15, 0.2) is 0 Å². The topological polar surface area (TPSA) is 42.5 Å². The van der Waals surface area contributed by atoms with Crippen molar-refractivity contribution in [1.29, 1.82) is 0 Å². The van der Waals surface area contributed by atoms with Crippen molar-refractivity contribution in [3.05, 3.63) is 29.8 Å². The maximum absolute atomic E-state index is 5.49. The lowest BCUT2D eigenvalue weighted by Gasteiger charge is -2.28. The third-order valence-electron chi connectivity index (χ3n) is 3.79. The van der Waals surface area contributed by atoms with E-state index in [4.69, 9.17) is 9.47 Å². The Bertz CT molecular complexity index is 388. The molecule has 1 aliphatic heterocycles. The molecule has 0 aliphatic carbocycles. The highest BCUT2D eigenvalue weighted by Crippen LogP contribution is 2.18. The molecule has 0 radical (unpaired) electrons. The summed E-state index contributed by atoms with van der Waals surface area (Å²) in [5.41, 5.74) is 1.28. The van der Waals surface area contributed by atoms with Crippen LogP contribution in [0.5, 0.6) is 5.75 Å². The van der Waals surface area contributed by atoms with Crippen molar-refractivity contribution in [3.63, 3.8) is 0 Å². The Morgan fingerprint density at radius 2 is 2.10 bits per heavy atom. The first-order valence-corrected chi connectivity index (χ1v) is 7.40. The van der Waals surface area contributed by atoms with Gasteiger partial charge >= 0.3 is 0 Å². The molecule has 1 aliphatic rings. The van der Waals surface area contributed by atoms with E-state index in [1.54, 1.807) is 7.11 Å². The van der Waals surface area contributed by atoms with Crippen LogP contribution >= 0.6 is 0 Å². The summed E-state index contributed by atoms with van der Waals surface area (Å²) in [6.07, 6.45) is 1.08. The minimum absolute atomic E-state index is 0.334. The number of morpholine rings is 1. The Balaban J connectivity index is 1.81. The Hall–Kier alpha value is -1.10. The smallest absolute Gasteiger partial charge is 0.118 e. The Labute approximate surface area is 121 Å². The molecule has 2 rings (SSSR count). The molecule has 3 unspecified atom stereocenters. The van der Waals surface area contributed by atoms with E-state index < -0.39 is 0 Å². The van der Waals surface area contributed by atoms with E-state index in [1.807, 2.05) is 12.1 Å². The molecule has 4 nitrogen and oxygen atoms in total. The van der Waals surface area contributed by atoms with Gasteiger partial charge in [-0.05, 0) is 38.0 Å². The van der Waals surface area contributed by atoms with Crippen molar-refractivity contribution in [2.45, 2.75) is 38.4 Å². The van der Waals surface area contributed by atoms with Gasteiger partial charge in [0.25, 0.3) is 0 Å². The van der Waals surface area contributed by atoms with E-state index in [0.29, 0.717) is 18.1 Å². The Morgan fingerprint density at radius 1 is 1.35 bits per heavy atom. The second-order valence-corrected chi connectivity index (χ2v) is 5.52. The SMILES string of the molecule is COc1ccc(C(C)NC(C)CC2COCCN2)cc1. The lowest BCUT2D eigenvalue weighted by molar-refractivity contribution is 0.0708. The molecule has 1 aromatic carbocycles. The molecule has 0 spiro atoms. The van der Waals surface area contributed by atoms with Gasteiger partial charge in [0.05, 0.1) is 20.3 Å². The highest BCUT2D eigenvalue weighted by Gasteiger charge is 2.17. The molecule has 0 aromatic heterocycles. The standard InChI is InChI=1S/C16H26N2O2/c1-12(10-15-11-20-9-8-17-15)18-13(2)14-4-6-16(19-3)7-5-14/h4-7,12-13,15,17-18H,8-11H2,1-3H3.